The number of nitrogens with zero attached hydrogens (tertiary/aromatic N) is 4. The van der Waals surface area contributed by atoms with Crippen molar-refractivity contribution in [2.45, 2.75) is 6.92 Å². The zero-order valence-corrected chi connectivity index (χ0v) is 10.7. The van der Waals surface area contributed by atoms with Crippen LogP contribution in [0.4, 0.5) is 5.95 Å². The first kappa shape index (κ1) is 12.8. The van der Waals surface area contributed by atoms with Crippen LogP contribution in [0.2, 0.25) is 0 Å². The maximum Gasteiger partial charge on any atom is 0.225 e. The fourth-order valence-corrected chi connectivity index (χ4v) is 2.07. The second-order valence-corrected chi connectivity index (χ2v) is 4.69. The molecular weight excluding hydrogens is 228 g/mol. The third kappa shape index (κ3) is 3.16. The molecule has 0 aliphatic carbocycles. The maximum absolute atomic E-state index is 7.41. The molecule has 1 aliphatic heterocycles. The van der Waals surface area contributed by atoms with Crippen LogP contribution < -0.4 is 10.6 Å². The first-order chi connectivity index (χ1) is 8.66. The van der Waals surface area contributed by atoms with Crippen LogP contribution in [-0.2, 0) is 0 Å². The van der Waals surface area contributed by atoms with Crippen molar-refractivity contribution in [2.24, 2.45) is 11.7 Å². The van der Waals surface area contributed by atoms with E-state index in [4.69, 9.17) is 11.1 Å². The van der Waals surface area contributed by atoms with E-state index in [9.17, 15) is 0 Å². The van der Waals surface area contributed by atoms with Gasteiger partial charge in [-0.3, -0.25) is 10.3 Å². The summed E-state index contributed by atoms with van der Waals surface area (Å²) in [6.45, 7) is 6.64. The molecule has 18 heavy (non-hydrogen) atoms. The Hall–Kier alpha value is -1.69. The summed E-state index contributed by atoms with van der Waals surface area (Å²) in [5.74, 6) is 1.20. The molecule has 2 rings (SSSR count). The quantitative estimate of drug-likeness (QED) is 0.586. The third-order valence-electron chi connectivity index (χ3n) is 3.27. The Bertz CT molecular complexity index is 385. The topological polar surface area (TPSA) is 82.1 Å². The monoisotopic (exact) mass is 248 g/mol. The zero-order chi connectivity index (χ0) is 13.0. The largest absolute Gasteiger partial charge is 0.387 e. The molecule has 0 spiro atoms. The van der Waals surface area contributed by atoms with Gasteiger partial charge in [-0.1, -0.05) is 6.92 Å². The Morgan fingerprint density at radius 3 is 2.50 bits per heavy atom. The summed E-state index contributed by atoms with van der Waals surface area (Å²) in [6, 6.07) is 1.83. The van der Waals surface area contributed by atoms with Crippen molar-refractivity contribution in [1.29, 1.82) is 5.41 Å². The highest BCUT2D eigenvalue weighted by atomic mass is 15.3. The SMILES string of the molecule is CC(CN1CCN(c2ncccn2)CC1)C(=N)N. The molecule has 1 fully saturated rings. The van der Waals surface area contributed by atoms with E-state index >= 15 is 0 Å². The summed E-state index contributed by atoms with van der Waals surface area (Å²) in [5.41, 5.74) is 5.50. The molecule has 98 valence electrons. The van der Waals surface area contributed by atoms with Gasteiger partial charge in [0.1, 0.15) is 0 Å². The van der Waals surface area contributed by atoms with Crippen LogP contribution in [0.5, 0.6) is 0 Å². The number of amidine groups is 1. The highest BCUT2D eigenvalue weighted by molar-refractivity contribution is 5.79. The van der Waals surface area contributed by atoms with Gasteiger partial charge in [0.2, 0.25) is 5.95 Å². The fourth-order valence-electron chi connectivity index (χ4n) is 2.07. The molecule has 6 heteroatoms. The molecule has 2 heterocycles. The summed E-state index contributed by atoms with van der Waals surface area (Å²) >= 11 is 0. The minimum absolute atomic E-state index is 0.129. The van der Waals surface area contributed by atoms with Crippen LogP contribution in [0.3, 0.4) is 0 Å². The Balaban J connectivity index is 1.83. The number of nitrogens with two attached hydrogens (primary N) is 1. The number of piperazine rings is 1. The van der Waals surface area contributed by atoms with Gasteiger partial charge >= 0.3 is 0 Å². The fraction of sp³-hybridized carbons (Fsp3) is 0.583. The highest BCUT2D eigenvalue weighted by Gasteiger charge is 2.20. The second-order valence-electron chi connectivity index (χ2n) is 4.69. The average Bonchev–Trinajstić information content (AvgIpc) is 2.40. The van der Waals surface area contributed by atoms with Crippen LogP contribution >= 0.6 is 0 Å². The molecule has 1 aromatic rings. The zero-order valence-electron chi connectivity index (χ0n) is 10.7. The summed E-state index contributed by atoms with van der Waals surface area (Å²) in [5, 5.41) is 7.41. The molecule has 0 bridgehead atoms. The van der Waals surface area contributed by atoms with E-state index < -0.39 is 0 Å². The predicted octanol–water partition coefficient (Wildman–Crippen LogP) is 0.171. The van der Waals surface area contributed by atoms with Gasteiger partial charge in [0.25, 0.3) is 0 Å². The molecule has 1 atom stereocenters. The molecule has 0 radical (unpaired) electrons. The second kappa shape index (κ2) is 5.77. The minimum atomic E-state index is 0.129. The number of rotatable bonds is 4. The maximum atomic E-state index is 7.41. The van der Waals surface area contributed by atoms with Crippen molar-refractivity contribution in [1.82, 2.24) is 14.9 Å². The van der Waals surface area contributed by atoms with Gasteiger partial charge in [-0.2, -0.15) is 0 Å². The first-order valence-corrected chi connectivity index (χ1v) is 6.25. The van der Waals surface area contributed by atoms with Crippen molar-refractivity contribution in [3.05, 3.63) is 18.5 Å². The minimum Gasteiger partial charge on any atom is -0.387 e. The lowest BCUT2D eigenvalue weighted by Gasteiger charge is -2.35. The molecule has 0 saturated carbocycles. The van der Waals surface area contributed by atoms with Crippen molar-refractivity contribution in [2.75, 3.05) is 37.6 Å². The van der Waals surface area contributed by atoms with E-state index in [1.807, 2.05) is 13.0 Å². The molecule has 3 N–H and O–H groups in total. The number of hydrogen-bond acceptors (Lipinski definition) is 5. The smallest absolute Gasteiger partial charge is 0.225 e. The van der Waals surface area contributed by atoms with Crippen molar-refractivity contribution < 1.29 is 0 Å². The van der Waals surface area contributed by atoms with E-state index in [-0.39, 0.29) is 11.8 Å². The van der Waals surface area contributed by atoms with E-state index in [1.165, 1.54) is 0 Å². The van der Waals surface area contributed by atoms with E-state index in [2.05, 4.69) is 19.8 Å². The van der Waals surface area contributed by atoms with E-state index in [1.54, 1.807) is 12.4 Å². The van der Waals surface area contributed by atoms with Gasteiger partial charge in [0.15, 0.2) is 0 Å². The number of hydrogen-bond donors (Lipinski definition) is 2. The predicted molar refractivity (Wildman–Crippen MR) is 71.8 cm³/mol. The standard InChI is InChI=1S/C12H20N6/c1-10(11(13)14)9-17-5-7-18(8-6-17)12-15-3-2-4-16-12/h2-4,10H,5-9H2,1H3,(H3,13,14). The molecule has 6 nitrogen and oxygen atoms in total. The van der Waals surface area contributed by atoms with Gasteiger partial charge in [-0.25, -0.2) is 9.97 Å². The Kier molecular flexibility index (Phi) is 4.09. The Labute approximate surface area is 107 Å². The van der Waals surface area contributed by atoms with Crippen molar-refractivity contribution in [3.63, 3.8) is 0 Å². The molecule has 0 amide bonds. The van der Waals surface area contributed by atoms with Crippen LogP contribution in [0.1, 0.15) is 6.92 Å². The number of aromatic nitrogens is 2. The Morgan fingerprint density at radius 1 is 1.33 bits per heavy atom. The van der Waals surface area contributed by atoms with E-state index in [0.717, 1.165) is 38.7 Å². The summed E-state index contributed by atoms with van der Waals surface area (Å²) in [4.78, 5) is 13.0. The van der Waals surface area contributed by atoms with Crippen molar-refractivity contribution in [3.8, 4) is 0 Å². The van der Waals surface area contributed by atoms with Crippen LogP contribution in [0.15, 0.2) is 18.5 Å². The third-order valence-corrected chi connectivity index (χ3v) is 3.27. The molecule has 1 saturated heterocycles. The summed E-state index contributed by atoms with van der Waals surface area (Å²) < 4.78 is 0. The van der Waals surface area contributed by atoms with E-state index in [0.29, 0.717) is 0 Å². The Morgan fingerprint density at radius 2 is 1.94 bits per heavy atom. The van der Waals surface area contributed by atoms with Crippen LogP contribution in [-0.4, -0.2) is 53.4 Å². The number of anilines is 1. The number of nitrogens with one attached hydrogen (secondary N) is 1. The lowest BCUT2D eigenvalue weighted by atomic mass is 10.1. The normalized spacial score (nSPS) is 18.6. The molecular formula is C12H20N6. The molecule has 1 unspecified atom stereocenters. The summed E-state index contributed by atoms with van der Waals surface area (Å²) in [7, 11) is 0. The average molecular weight is 248 g/mol. The highest BCUT2D eigenvalue weighted by Crippen LogP contribution is 2.10. The van der Waals surface area contributed by atoms with Gasteiger partial charge in [0.05, 0.1) is 5.84 Å². The summed E-state index contributed by atoms with van der Waals surface area (Å²) in [6.07, 6.45) is 3.54. The van der Waals surface area contributed by atoms with Gasteiger partial charge in [0, 0.05) is 51.0 Å². The van der Waals surface area contributed by atoms with Crippen molar-refractivity contribution >= 4 is 11.8 Å². The van der Waals surface area contributed by atoms with Gasteiger partial charge in [-0.15, -0.1) is 0 Å². The molecule has 1 aliphatic rings. The molecule has 1 aromatic heterocycles. The first-order valence-electron chi connectivity index (χ1n) is 6.25. The van der Waals surface area contributed by atoms with Gasteiger partial charge in [-0.05, 0) is 6.07 Å². The lowest BCUT2D eigenvalue weighted by molar-refractivity contribution is 0.242. The van der Waals surface area contributed by atoms with Gasteiger partial charge < -0.3 is 10.6 Å². The lowest BCUT2D eigenvalue weighted by Crippen LogP contribution is -2.49. The molecule has 0 aromatic carbocycles. The van der Waals surface area contributed by atoms with Crippen LogP contribution in [0.25, 0.3) is 0 Å². The van der Waals surface area contributed by atoms with Crippen LogP contribution in [0, 0.1) is 11.3 Å².